The van der Waals surface area contributed by atoms with Gasteiger partial charge in [0.25, 0.3) is 0 Å². The average Bonchev–Trinajstić information content (AvgIpc) is 3.07. The number of aromatic nitrogens is 3. The number of rotatable bonds is 4. The van der Waals surface area contributed by atoms with E-state index in [1.165, 1.54) is 12.1 Å². The lowest BCUT2D eigenvalue weighted by molar-refractivity contribution is 0.352. The Labute approximate surface area is 155 Å². The van der Waals surface area contributed by atoms with E-state index in [0.29, 0.717) is 23.9 Å². The lowest BCUT2D eigenvalue weighted by Crippen LogP contribution is -2.28. The number of hydrogen-bond acceptors (Lipinski definition) is 6. The second-order valence-corrected chi connectivity index (χ2v) is 6.35. The number of hydrogen-bond donors (Lipinski definition) is 2. The van der Waals surface area contributed by atoms with Gasteiger partial charge in [-0.1, -0.05) is 18.2 Å². The Bertz CT molecular complexity index is 957. The van der Waals surface area contributed by atoms with Gasteiger partial charge in [-0.15, -0.1) is 5.10 Å². The van der Waals surface area contributed by atoms with Crippen LogP contribution >= 0.6 is 0 Å². The smallest absolute Gasteiger partial charge is 0.241 e. The average molecular weight is 369 g/mol. The quantitative estimate of drug-likeness (QED) is 0.735. The van der Waals surface area contributed by atoms with E-state index < -0.39 is 0 Å². The molecule has 0 saturated heterocycles. The van der Waals surface area contributed by atoms with Gasteiger partial charge in [0.15, 0.2) is 11.5 Å². The van der Waals surface area contributed by atoms with E-state index >= 15 is 0 Å². The molecule has 8 heteroatoms. The first-order valence-electron chi connectivity index (χ1n) is 8.55. The minimum atomic E-state index is -0.265. The van der Waals surface area contributed by atoms with E-state index in [4.69, 9.17) is 15.2 Å². The number of nitrogens with zero attached hydrogens (tertiary/aromatic N) is 3. The largest absolute Gasteiger partial charge is 0.493 e. The lowest BCUT2D eigenvalue weighted by Gasteiger charge is -2.32. The molecule has 1 aromatic heterocycles. The second-order valence-electron chi connectivity index (χ2n) is 6.35. The summed E-state index contributed by atoms with van der Waals surface area (Å²) in [5.74, 6) is 1.80. The fraction of sp³-hybridized carbons (Fsp3) is 0.263. The van der Waals surface area contributed by atoms with Gasteiger partial charge in [0.1, 0.15) is 5.82 Å². The van der Waals surface area contributed by atoms with Gasteiger partial charge in [-0.2, -0.15) is 4.98 Å². The first-order chi connectivity index (χ1) is 13.1. The molecule has 7 nitrogen and oxygen atoms in total. The molecule has 0 fully saturated rings. The number of fused-ring (bicyclic) bond motifs is 1. The third-order valence-corrected chi connectivity index (χ3v) is 4.77. The van der Waals surface area contributed by atoms with Crippen molar-refractivity contribution >= 4 is 11.9 Å². The van der Waals surface area contributed by atoms with Crippen LogP contribution in [0.2, 0.25) is 0 Å². The third-order valence-electron chi connectivity index (χ3n) is 4.77. The Balaban J connectivity index is 1.75. The van der Waals surface area contributed by atoms with Crippen molar-refractivity contribution in [3.8, 4) is 11.5 Å². The van der Waals surface area contributed by atoms with Crippen LogP contribution in [-0.2, 0) is 0 Å². The Morgan fingerprint density at radius 3 is 2.48 bits per heavy atom. The molecule has 1 aliphatic heterocycles. The van der Waals surface area contributed by atoms with Crippen LogP contribution < -0.4 is 20.5 Å². The molecule has 0 aliphatic carbocycles. The molecule has 0 amide bonds. The van der Waals surface area contributed by atoms with E-state index in [0.717, 1.165) is 11.1 Å². The van der Waals surface area contributed by atoms with Crippen LogP contribution in [0.4, 0.5) is 16.3 Å². The van der Waals surface area contributed by atoms with Crippen molar-refractivity contribution in [3.63, 3.8) is 0 Å². The first kappa shape index (κ1) is 17.1. The standard InChI is InChI=1S/C19H20FN5O2/c1-26-16-8-5-12(9-17(16)27-2)15-10-14(11-3-6-13(20)7-4-11)22-19-23-18(21)24-25(15)19/h3-9,14-15H,10H2,1-2H3,(H3,21,22,23,24)/t14-,15-/m0/s1. The van der Waals surface area contributed by atoms with Crippen molar-refractivity contribution in [2.45, 2.75) is 18.5 Å². The van der Waals surface area contributed by atoms with Crippen molar-refractivity contribution in [2.75, 3.05) is 25.3 Å². The maximum absolute atomic E-state index is 13.3. The van der Waals surface area contributed by atoms with Gasteiger partial charge < -0.3 is 20.5 Å². The highest BCUT2D eigenvalue weighted by Gasteiger charge is 2.31. The summed E-state index contributed by atoms with van der Waals surface area (Å²) in [7, 11) is 3.20. The maximum atomic E-state index is 13.3. The van der Waals surface area contributed by atoms with Crippen molar-refractivity contribution in [1.29, 1.82) is 0 Å². The molecule has 3 aromatic rings. The fourth-order valence-electron chi connectivity index (χ4n) is 3.45. The van der Waals surface area contributed by atoms with Crippen LogP contribution in [0, 0.1) is 5.82 Å². The van der Waals surface area contributed by atoms with Crippen LogP contribution in [0.25, 0.3) is 0 Å². The summed E-state index contributed by atoms with van der Waals surface area (Å²) in [6.07, 6.45) is 0.691. The molecule has 2 atom stereocenters. The zero-order chi connectivity index (χ0) is 19.0. The highest BCUT2D eigenvalue weighted by Crippen LogP contribution is 2.40. The molecular weight excluding hydrogens is 349 g/mol. The SMILES string of the molecule is COc1ccc([C@@H]2C[C@@H](c3ccc(F)cc3)Nc3nc(N)nn32)cc1OC. The molecule has 0 radical (unpaired) electrons. The van der Waals surface area contributed by atoms with Gasteiger partial charge in [0.2, 0.25) is 11.9 Å². The third kappa shape index (κ3) is 3.14. The van der Waals surface area contributed by atoms with Gasteiger partial charge in [-0.25, -0.2) is 9.07 Å². The van der Waals surface area contributed by atoms with E-state index in [1.807, 2.05) is 18.2 Å². The summed E-state index contributed by atoms with van der Waals surface area (Å²) >= 11 is 0. The van der Waals surface area contributed by atoms with E-state index in [1.54, 1.807) is 31.0 Å². The molecule has 2 aromatic carbocycles. The zero-order valence-electron chi connectivity index (χ0n) is 15.0. The Kier molecular flexibility index (Phi) is 4.31. The molecule has 4 rings (SSSR count). The van der Waals surface area contributed by atoms with Gasteiger partial charge in [-0.05, 0) is 41.8 Å². The predicted molar refractivity (Wildman–Crippen MR) is 99.5 cm³/mol. The number of nitrogens with two attached hydrogens (primary N) is 1. The number of anilines is 2. The van der Waals surface area contributed by atoms with Crippen molar-refractivity contribution in [3.05, 3.63) is 59.4 Å². The minimum absolute atomic E-state index is 0.0557. The van der Waals surface area contributed by atoms with E-state index in [2.05, 4.69) is 15.4 Å². The van der Waals surface area contributed by atoms with Crippen LogP contribution in [0.5, 0.6) is 11.5 Å². The number of nitrogens with one attached hydrogen (secondary N) is 1. The summed E-state index contributed by atoms with van der Waals surface area (Å²) in [5.41, 5.74) is 7.79. The van der Waals surface area contributed by atoms with Crippen molar-refractivity contribution < 1.29 is 13.9 Å². The highest BCUT2D eigenvalue weighted by atomic mass is 19.1. The fourth-order valence-corrected chi connectivity index (χ4v) is 3.45. The Hall–Kier alpha value is -3.29. The number of ether oxygens (including phenoxy) is 2. The second kappa shape index (κ2) is 6.79. The summed E-state index contributed by atoms with van der Waals surface area (Å²) in [4.78, 5) is 4.29. The predicted octanol–water partition coefficient (Wildman–Crippen LogP) is 3.16. The van der Waals surface area contributed by atoms with Gasteiger partial charge >= 0.3 is 0 Å². The number of nitrogen functional groups attached to an aromatic ring is 1. The summed E-state index contributed by atoms with van der Waals surface area (Å²) in [5, 5.41) is 7.67. The van der Waals surface area contributed by atoms with Crippen LogP contribution in [0.3, 0.4) is 0 Å². The molecule has 1 aliphatic rings. The first-order valence-corrected chi connectivity index (χ1v) is 8.55. The molecular formula is C19H20FN5O2. The normalized spacial score (nSPS) is 18.5. The van der Waals surface area contributed by atoms with Crippen LogP contribution in [-0.4, -0.2) is 29.0 Å². The van der Waals surface area contributed by atoms with Crippen molar-refractivity contribution in [1.82, 2.24) is 14.8 Å². The summed E-state index contributed by atoms with van der Waals surface area (Å²) in [6, 6.07) is 12.1. The number of methoxy groups -OCH3 is 2. The Morgan fingerprint density at radius 2 is 1.78 bits per heavy atom. The van der Waals surface area contributed by atoms with Gasteiger partial charge in [0, 0.05) is 0 Å². The van der Waals surface area contributed by atoms with E-state index in [-0.39, 0.29) is 23.8 Å². The van der Waals surface area contributed by atoms with Gasteiger partial charge in [-0.3, -0.25) is 0 Å². The van der Waals surface area contributed by atoms with Crippen LogP contribution in [0.1, 0.15) is 29.6 Å². The molecule has 0 saturated carbocycles. The number of benzene rings is 2. The minimum Gasteiger partial charge on any atom is -0.493 e. The molecule has 0 bridgehead atoms. The zero-order valence-corrected chi connectivity index (χ0v) is 15.0. The summed E-state index contributed by atoms with van der Waals surface area (Å²) in [6.45, 7) is 0. The topological polar surface area (TPSA) is 87.2 Å². The molecule has 140 valence electrons. The monoisotopic (exact) mass is 369 g/mol. The Morgan fingerprint density at radius 1 is 1.07 bits per heavy atom. The molecule has 0 unspecified atom stereocenters. The molecule has 2 heterocycles. The lowest BCUT2D eigenvalue weighted by atomic mass is 9.93. The maximum Gasteiger partial charge on any atom is 0.241 e. The highest BCUT2D eigenvalue weighted by molar-refractivity contribution is 5.47. The molecule has 0 spiro atoms. The molecule has 27 heavy (non-hydrogen) atoms. The number of halogens is 1. The van der Waals surface area contributed by atoms with E-state index in [9.17, 15) is 4.39 Å². The van der Waals surface area contributed by atoms with Crippen LogP contribution in [0.15, 0.2) is 42.5 Å². The van der Waals surface area contributed by atoms with Crippen molar-refractivity contribution in [2.24, 2.45) is 0 Å². The van der Waals surface area contributed by atoms with Gasteiger partial charge in [0.05, 0.1) is 26.3 Å². The summed E-state index contributed by atoms with van der Waals surface area (Å²) < 4.78 is 25.8. The molecule has 3 N–H and O–H groups in total.